The molecule has 1 rings (SSSR count). The fourth-order valence-electron chi connectivity index (χ4n) is 0.615. The summed E-state index contributed by atoms with van der Waals surface area (Å²) < 4.78 is 1.80. The highest BCUT2D eigenvalue weighted by atomic mass is 35.5. The van der Waals surface area contributed by atoms with Gasteiger partial charge in [0.15, 0.2) is 5.82 Å². The van der Waals surface area contributed by atoms with Gasteiger partial charge in [-0.25, -0.2) is 5.84 Å². The third kappa shape index (κ3) is 3.46. The van der Waals surface area contributed by atoms with Crippen molar-refractivity contribution in [2.45, 2.75) is 13.5 Å². The van der Waals surface area contributed by atoms with Crippen LogP contribution in [0.2, 0.25) is 0 Å². The second-order valence-electron chi connectivity index (χ2n) is 1.70. The van der Waals surface area contributed by atoms with E-state index < -0.39 is 0 Å². The average molecular weight is 199 g/mol. The number of nitrogens with one attached hydrogen (secondary N) is 1. The summed E-state index contributed by atoms with van der Waals surface area (Å²) in [5.74, 6) is 5.80. The van der Waals surface area contributed by atoms with Crippen molar-refractivity contribution in [3.05, 3.63) is 12.3 Å². The molecule has 0 unspecified atom stereocenters. The molecule has 1 aromatic heterocycles. The molecule has 0 aromatic carbocycles. The first-order chi connectivity index (χ1) is 4.36. The Morgan fingerprint density at radius 1 is 1.64 bits per heavy atom. The first-order valence-electron chi connectivity index (χ1n) is 2.87. The van der Waals surface area contributed by atoms with Crippen LogP contribution in [0.15, 0.2) is 12.3 Å². The lowest BCUT2D eigenvalue weighted by atomic mass is 10.6. The van der Waals surface area contributed by atoms with Gasteiger partial charge >= 0.3 is 0 Å². The van der Waals surface area contributed by atoms with Gasteiger partial charge in [0.2, 0.25) is 0 Å². The molecule has 0 fully saturated rings. The summed E-state index contributed by atoms with van der Waals surface area (Å²) in [6, 6.07) is 1.82. The Morgan fingerprint density at radius 2 is 2.27 bits per heavy atom. The summed E-state index contributed by atoms with van der Waals surface area (Å²) in [5.41, 5.74) is 2.45. The van der Waals surface area contributed by atoms with Crippen molar-refractivity contribution in [1.29, 1.82) is 0 Å². The zero-order valence-corrected chi connectivity index (χ0v) is 7.78. The minimum Gasteiger partial charge on any atom is -0.307 e. The fraction of sp³-hybridized carbons (Fsp3) is 0.400. The zero-order chi connectivity index (χ0) is 6.69. The summed E-state index contributed by atoms with van der Waals surface area (Å²) in [6.07, 6.45) is 1.87. The maximum Gasteiger partial charge on any atom is 0.161 e. The number of nitrogens with zero attached hydrogens (tertiary/aromatic N) is 2. The van der Waals surface area contributed by atoms with E-state index in [1.807, 2.05) is 19.2 Å². The first kappa shape index (κ1) is 13.2. The number of hydrazine groups is 1. The minimum absolute atomic E-state index is 0. The van der Waals surface area contributed by atoms with Gasteiger partial charge in [-0.3, -0.25) is 4.68 Å². The Morgan fingerprint density at radius 3 is 2.55 bits per heavy atom. The molecule has 0 atom stereocenters. The van der Waals surface area contributed by atoms with Crippen molar-refractivity contribution in [3.8, 4) is 0 Å². The van der Waals surface area contributed by atoms with E-state index >= 15 is 0 Å². The van der Waals surface area contributed by atoms with Crippen LogP contribution in [0.1, 0.15) is 6.92 Å². The summed E-state index contributed by atoms with van der Waals surface area (Å²) in [7, 11) is 0. The maximum atomic E-state index is 5.09. The monoisotopic (exact) mass is 198 g/mol. The highest BCUT2D eigenvalue weighted by Crippen LogP contribution is 1.97. The van der Waals surface area contributed by atoms with E-state index in [0.29, 0.717) is 5.82 Å². The van der Waals surface area contributed by atoms with Crippen molar-refractivity contribution in [2.24, 2.45) is 5.84 Å². The molecule has 0 aliphatic heterocycles. The summed E-state index contributed by atoms with van der Waals surface area (Å²) in [5, 5.41) is 4.03. The largest absolute Gasteiger partial charge is 0.307 e. The lowest BCUT2D eigenvalue weighted by Crippen LogP contribution is -2.07. The van der Waals surface area contributed by atoms with Gasteiger partial charge in [-0.2, -0.15) is 5.10 Å². The van der Waals surface area contributed by atoms with E-state index in [2.05, 4.69) is 10.5 Å². The standard InChI is InChI=1S/C5H10N4.2ClH/c1-2-9-4-3-5(7-6)8-9;;/h3-4H,2,6H2,1H3,(H,7,8);2*1H. The Labute approximate surface area is 77.9 Å². The van der Waals surface area contributed by atoms with Gasteiger partial charge in [-0.1, -0.05) is 0 Å². The Kier molecular flexibility index (Phi) is 7.51. The van der Waals surface area contributed by atoms with Gasteiger partial charge < -0.3 is 5.43 Å². The van der Waals surface area contributed by atoms with E-state index in [1.165, 1.54) is 0 Å². The zero-order valence-electron chi connectivity index (χ0n) is 6.15. The van der Waals surface area contributed by atoms with Crippen LogP contribution in [0.4, 0.5) is 5.82 Å². The van der Waals surface area contributed by atoms with Crippen molar-refractivity contribution in [2.75, 3.05) is 5.43 Å². The quantitative estimate of drug-likeness (QED) is 0.552. The van der Waals surface area contributed by atoms with Gasteiger partial charge in [-0.05, 0) is 6.92 Å². The third-order valence-corrected chi connectivity index (χ3v) is 1.11. The predicted molar refractivity (Wildman–Crippen MR) is 50.2 cm³/mol. The summed E-state index contributed by atoms with van der Waals surface area (Å²) in [6.45, 7) is 2.90. The van der Waals surface area contributed by atoms with E-state index in [4.69, 9.17) is 5.84 Å². The van der Waals surface area contributed by atoms with Crippen molar-refractivity contribution in [1.82, 2.24) is 9.78 Å². The van der Waals surface area contributed by atoms with E-state index in [9.17, 15) is 0 Å². The molecule has 0 saturated carbocycles. The Hall–Kier alpha value is -0.450. The highest BCUT2D eigenvalue weighted by Gasteiger charge is 1.90. The number of nitrogen functional groups attached to an aromatic ring is 1. The summed E-state index contributed by atoms with van der Waals surface area (Å²) in [4.78, 5) is 0. The van der Waals surface area contributed by atoms with Gasteiger partial charge in [0, 0.05) is 18.8 Å². The molecule has 0 amide bonds. The topological polar surface area (TPSA) is 55.9 Å². The molecule has 11 heavy (non-hydrogen) atoms. The number of nitrogens with two attached hydrogens (primary N) is 1. The van der Waals surface area contributed by atoms with E-state index in [0.717, 1.165) is 6.54 Å². The van der Waals surface area contributed by atoms with E-state index in [1.54, 1.807) is 4.68 Å². The smallest absolute Gasteiger partial charge is 0.161 e. The second kappa shape index (κ2) is 6.27. The maximum absolute atomic E-state index is 5.09. The minimum atomic E-state index is 0. The van der Waals surface area contributed by atoms with Crippen molar-refractivity contribution < 1.29 is 0 Å². The molecule has 66 valence electrons. The van der Waals surface area contributed by atoms with Gasteiger partial charge in [0.1, 0.15) is 0 Å². The van der Waals surface area contributed by atoms with Crippen LogP contribution in [0, 0.1) is 0 Å². The second-order valence-corrected chi connectivity index (χ2v) is 1.70. The van der Waals surface area contributed by atoms with E-state index in [-0.39, 0.29) is 24.8 Å². The molecule has 0 radical (unpaired) electrons. The number of aryl methyl sites for hydroxylation is 1. The molecular formula is C5H12Cl2N4. The Bertz CT molecular complexity index is 170. The van der Waals surface area contributed by atoms with Crippen LogP contribution in [-0.4, -0.2) is 9.78 Å². The number of halogens is 2. The lowest BCUT2D eigenvalue weighted by Gasteiger charge is -1.91. The molecule has 0 aliphatic rings. The normalized spacial score (nSPS) is 7.82. The van der Waals surface area contributed by atoms with Crippen LogP contribution in [0.3, 0.4) is 0 Å². The molecular weight excluding hydrogens is 187 g/mol. The average Bonchev–Trinajstić information content (AvgIpc) is 2.34. The third-order valence-electron chi connectivity index (χ3n) is 1.11. The van der Waals surface area contributed by atoms with Crippen LogP contribution in [0.25, 0.3) is 0 Å². The van der Waals surface area contributed by atoms with Crippen molar-refractivity contribution in [3.63, 3.8) is 0 Å². The molecule has 0 saturated heterocycles. The molecule has 0 aliphatic carbocycles. The highest BCUT2D eigenvalue weighted by molar-refractivity contribution is 5.85. The number of hydrogen-bond donors (Lipinski definition) is 2. The molecule has 1 heterocycles. The number of aromatic nitrogens is 2. The van der Waals surface area contributed by atoms with Crippen molar-refractivity contribution >= 4 is 30.6 Å². The molecule has 0 spiro atoms. The molecule has 0 bridgehead atoms. The molecule has 3 N–H and O–H groups in total. The number of rotatable bonds is 2. The fourth-order valence-corrected chi connectivity index (χ4v) is 0.615. The molecule has 6 heteroatoms. The van der Waals surface area contributed by atoms with Crippen LogP contribution in [-0.2, 0) is 6.54 Å². The predicted octanol–water partition coefficient (Wildman–Crippen LogP) is 1.03. The number of anilines is 1. The number of hydrogen-bond acceptors (Lipinski definition) is 3. The SMILES string of the molecule is CCn1ccc(NN)n1.Cl.Cl. The van der Waals surface area contributed by atoms with Gasteiger partial charge in [-0.15, -0.1) is 24.8 Å². The molecule has 1 aromatic rings. The Balaban J connectivity index is 0. The van der Waals surface area contributed by atoms with Crippen LogP contribution >= 0.6 is 24.8 Å². The summed E-state index contributed by atoms with van der Waals surface area (Å²) >= 11 is 0. The van der Waals surface area contributed by atoms with Crippen LogP contribution in [0.5, 0.6) is 0 Å². The van der Waals surface area contributed by atoms with Gasteiger partial charge in [0.05, 0.1) is 0 Å². The van der Waals surface area contributed by atoms with Crippen LogP contribution < -0.4 is 11.3 Å². The molecule has 4 nitrogen and oxygen atoms in total. The lowest BCUT2D eigenvalue weighted by molar-refractivity contribution is 0.661. The van der Waals surface area contributed by atoms with Gasteiger partial charge in [0.25, 0.3) is 0 Å². The first-order valence-corrected chi connectivity index (χ1v) is 2.87.